The van der Waals surface area contributed by atoms with Gasteiger partial charge in [-0.1, -0.05) is 0 Å². The molecule has 0 unspecified atom stereocenters. The number of aromatic nitrogens is 1. The second-order valence-corrected chi connectivity index (χ2v) is 8.25. The van der Waals surface area contributed by atoms with Crippen LogP contribution in [0.2, 0.25) is 0 Å². The Morgan fingerprint density at radius 3 is 2.38 bits per heavy atom. The second-order valence-electron chi connectivity index (χ2n) is 5.18. The number of fused-ring (bicyclic) bond motifs is 1. The summed E-state index contributed by atoms with van der Waals surface area (Å²) in [4.78, 5) is 3.44. The molecule has 0 atom stereocenters. The van der Waals surface area contributed by atoms with Crippen LogP contribution in [0.4, 0.5) is 0 Å². The minimum Gasteiger partial charge on any atom is -1.00 e. The van der Waals surface area contributed by atoms with Crippen molar-refractivity contribution in [2.24, 2.45) is 0 Å². The van der Waals surface area contributed by atoms with E-state index in [9.17, 15) is 0 Å². The van der Waals surface area contributed by atoms with Gasteiger partial charge in [-0.2, -0.15) is 0 Å². The summed E-state index contributed by atoms with van der Waals surface area (Å²) in [6.45, 7) is 6.65. The maximum atomic E-state index is 3.44. The number of allylic oxidation sites excluding steroid dienone is 2. The van der Waals surface area contributed by atoms with Crippen LogP contribution < -0.4 is 38.7 Å². The van der Waals surface area contributed by atoms with E-state index in [2.05, 4.69) is 68.4 Å². The molecule has 1 aliphatic carbocycles. The van der Waals surface area contributed by atoms with E-state index in [1.165, 1.54) is 30.5 Å². The Labute approximate surface area is 149 Å². The average molecular weight is 397 g/mol. The Balaban J connectivity index is 0.00000110. The first kappa shape index (κ1) is 18.5. The van der Waals surface area contributed by atoms with Crippen LogP contribution in [0.3, 0.4) is 0 Å². The monoisotopic (exact) mass is 395 g/mol. The number of hydrogen-bond donors (Lipinski definition) is 1. The minimum atomic E-state index is -0.768. The minimum absolute atomic E-state index is 0. The number of H-pyrrole nitrogens is 1. The number of hydrogen-bond acceptors (Lipinski definition) is 0. The molecule has 0 saturated carbocycles. The molecule has 1 nitrogen and oxygen atoms in total. The van der Waals surface area contributed by atoms with Crippen LogP contribution in [0.15, 0.2) is 47.7 Å². The van der Waals surface area contributed by atoms with E-state index in [4.69, 9.17) is 0 Å². The Kier molecular flexibility index (Phi) is 6.72. The number of halogens is 2. The van der Waals surface area contributed by atoms with Crippen molar-refractivity contribution in [1.82, 2.24) is 4.98 Å². The molecule has 108 valence electrons. The van der Waals surface area contributed by atoms with Gasteiger partial charge >= 0.3 is 125 Å². The molecule has 1 aromatic carbocycles. The van der Waals surface area contributed by atoms with Crippen LogP contribution in [0.5, 0.6) is 0 Å². The van der Waals surface area contributed by atoms with Gasteiger partial charge in [0.15, 0.2) is 0 Å². The summed E-state index contributed by atoms with van der Waals surface area (Å²) in [5.74, 6) is 0. The number of aromatic amines is 1. The molecule has 2 aromatic rings. The van der Waals surface area contributed by atoms with E-state index in [0.717, 1.165) is 0 Å². The molecule has 0 radical (unpaired) electrons. The van der Waals surface area contributed by atoms with Gasteiger partial charge < -0.3 is 24.8 Å². The Hall–Kier alpha value is -0.557. The third-order valence-electron chi connectivity index (χ3n) is 3.54. The normalized spacial score (nSPS) is 11.8. The van der Waals surface area contributed by atoms with Crippen molar-refractivity contribution in [2.75, 3.05) is 0 Å². The summed E-state index contributed by atoms with van der Waals surface area (Å²) in [5, 5.41) is 2.85. The molecule has 1 N–H and O–H groups in total. The molecular weight excluding hydrogens is 380 g/mol. The van der Waals surface area contributed by atoms with Gasteiger partial charge in [-0.25, -0.2) is 0 Å². The Morgan fingerprint density at radius 1 is 1.05 bits per heavy atom. The van der Waals surface area contributed by atoms with E-state index >= 15 is 0 Å². The van der Waals surface area contributed by atoms with Crippen molar-refractivity contribution < 1.29 is 48.0 Å². The summed E-state index contributed by atoms with van der Waals surface area (Å²) in [6, 6.07) is 11.0. The van der Waals surface area contributed by atoms with Crippen molar-refractivity contribution in [3.63, 3.8) is 0 Å². The molecule has 0 aliphatic heterocycles. The largest absolute Gasteiger partial charge is 1.00 e. The molecular formula is C17H17Cl2NZr. The van der Waals surface area contributed by atoms with Gasteiger partial charge in [0.25, 0.3) is 0 Å². The first-order valence-corrected chi connectivity index (χ1v) is 9.02. The van der Waals surface area contributed by atoms with Crippen LogP contribution in [-0.4, -0.2) is 4.98 Å². The van der Waals surface area contributed by atoms with Gasteiger partial charge in [-0.15, -0.1) is 0 Å². The number of aryl methyl sites for hydroxylation is 1. The van der Waals surface area contributed by atoms with Crippen molar-refractivity contribution in [2.45, 2.75) is 20.8 Å². The molecule has 21 heavy (non-hydrogen) atoms. The zero-order chi connectivity index (χ0) is 13.4. The van der Waals surface area contributed by atoms with Crippen molar-refractivity contribution in [3.05, 3.63) is 63.7 Å². The zero-order valence-electron chi connectivity index (χ0n) is 12.3. The van der Waals surface area contributed by atoms with Gasteiger partial charge in [0, 0.05) is 0 Å². The van der Waals surface area contributed by atoms with Gasteiger partial charge in [0.2, 0.25) is 0 Å². The van der Waals surface area contributed by atoms with Crippen LogP contribution in [0.1, 0.15) is 19.4 Å². The third-order valence-corrected chi connectivity index (χ3v) is 7.42. The number of nitrogens with one attached hydrogen (secondary N) is 1. The van der Waals surface area contributed by atoms with Crippen LogP contribution in [0.25, 0.3) is 9.36 Å². The second kappa shape index (κ2) is 7.63. The summed E-state index contributed by atoms with van der Waals surface area (Å²) in [7, 11) is 0. The standard InChI is InChI=1S/C12H11.C5H6N.2ClH.Zr/c1-9(2)12-7-10-5-3-4-6-11(10)8-12;1-5-2-3-6-4-5;;;/h3-7H,1-2H3;2-3,6H,1H3;2*1H;/q;;;;+2/p-2. The van der Waals surface area contributed by atoms with Crippen molar-refractivity contribution in [1.29, 1.82) is 0 Å². The molecule has 1 heterocycles. The predicted molar refractivity (Wildman–Crippen MR) is 77.1 cm³/mol. The topological polar surface area (TPSA) is 15.8 Å². The van der Waals surface area contributed by atoms with E-state index in [0.29, 0.717) is 0 Å². The molecule has 4 heteroatoms. The van der Waals surface area contributed by atoms with E-state index in [-0.39, 0.29) is 24.8 Å². The van der Waals surface area contributed by atoms with Gasteiger partial charge in [0.1, 0.15) is 0 Å². The van der Waals surface area contributed by atoms with Gasteiger partial charge in [-0.3, -0.25) is 0 Å². The predicted octanol–water partition coefficient (Wildman–Crippen LogP) is -4.02. The Morgan fingerprint density at radius 2 is 1.76 bits per heavy atom. The van der Waals surface area contributed by atoms with Crippen molar-refractivity contribution in [3.8, 4) is 0 Å². The molecule has 3 rings (SSSR count). The molecule has 0 bridgehead atoms. The summed E-state index contributed by atoms with van der Waals surface area (Å²) < 4.78 is 3.10. The average Bonchev–Trinajstić information content (AvgIpc) is 2.95. The van der Waals surface area contributed by atoms with Crippen LogP contribution in [-0.2, 0) is 23.2 Å². The smallest absolute Gasteiger partial charge is 1.00 e. The van der Waals surface area contributed by atoms with E-state index in [1.807, 2.05) is 0 Å². The fourth-order valence-electron chi connectivity index (χ4n) is 2.46. The SMILES string of the molecule is CC(C)=C1C=c2ccccc2=[C]1[Zr+2][c]1[nH]ccc1C.[Cl-].[Cl-]. The number of benzene rings is 1. The molecule has 1 aliphatic rings. The molecule has 0 fully saturated rings. The van der Waals surface area contributed by atoms with Gasteiger partial charge in [-0.05, 0) is 0 Å². The molecule has 0 amide bonds. The van der Waals surface area contributed by atoms with Crippen LogP contribution >= 0.6 is 0 Å². The zero-order valence-corrected chi connectivity index (χ0v) is 16.3. The molecule has 1 aromatic heterocycles. The Bertz CT molecular complexity index is 783. The van der Waals surface area contributed by atoms with Crippen molar-refractivity contribution >= 4 is 12.8 Å². The first-order chi connectivity index (χ1) is 9.16. The first-order valence-electron chi connectivity index (χ1n) is 6.57. The fraction of sp³-hybridized carbons (Fsp3) is 0.176. The molecule has 0 saturated heterocycles. The van der Waals surface area contributed by atoms with Crippen LogP contribution in [0, 0.1) is 6.92 Å². The fourth-order valence-corrected chi connectivity index (χ4v) is 6.16. The van der Waals surface area contributed by atoms with Gasteiger partial charge in [0.05, 0.1) is 0 Å². The summed E-state index contributed by atoms with van der Waals surface area (Å²) >= 11 is -0.768. The maximum Gasteiger partial charge on any atom is -1.00 e. The third kappa shape index (κ3) is 3.62. The summed E-state index contributed by atoms with van der Waals surface area (Å²) in [6.07, 6.45) is 4.43. The van der Waals surface area contributed by atoms with E-state index in [1.54, 1.807) is 3.28 Å². The molecule has 0 spiro atoms. The maximum absolute atomic E-state index is 3.44. The number of rotatable bonds is 2. The summed E-state index contributed by atoms with van der Waals surface area (Å²) in [5.41, 5.74) is 4.31. The quantitative estimate of drug-likeness (QED) is 0.532. The van der Waals surface area contributed by atoms with E-state index < -0.39 is 23.2 Å².